The van der Waals surface area contributed by atoms with Crippen molar-refractivity contribution in [1.82, 2.24) is 14.3 Å². The summed E-state index contributed by atoms with van der Waals surface area (Å²) in [6, 6.07) is 0.839. The number of anilines is 1. The van der Waals surface area contributed by atoms with Crippen molar-refractivity contribution in [1.29, 1.82) is 0 Å². The Bertz CT molecular complexity index is 605. The highest BCUT2D eigenvalue weighted by atomic mass is 32.1. The lowest BCUT2D eigenvalue weighted by atomic mass is 10.2. The van der Waals surface area contributed by atoms with Crippen LogP contribution in [0.25, 0.3) is 4.96 Å². The monoisotopic (exact) mass is 305 g/mol. The molecule has 0 aromatic carbocycles. The molecule has 2 fully saturated rings. The summed E-state index contributed by atoms with van der Waals surface area (Å²) in [4.78, 5) is 11.0. The van der Waals surface area contributed by atoms with Gasteiger partial charge >= 0.3 is 0 Å². The van der Waals surface area contributed by atoms with Gasteiger partial charge in [-0.25, -0.2) is 4.98 Å². The smallest absolute Gasteiger partial charge is 0.195 e. The Balaban J connectivity index is 1.50. The van der Waals surface area contributed by atoms with E-state index in [4.69, 9.17) is 10.7 Å². The zero-order chi connectivity index (χ0) is 14.2. The molecule has 6 heteroatoms. The molecule has 2 aliphatic rings. The predicted octanol–water partition coefficient (Wildman–Crippen LogP) is 1.92. The first-order chi connectivity index (χ1) is 10.4. The summed E-state index contributed by atoms with van der Waals surface area (Å²) in [6.07, 6.45) is 7.70. The van der Waals surface area contributed by atoms with Crippen molar-refractivity contribution in [3.8, 4) is 0 Å². The molecule has 0 spiro atoms. The van der Waals surface area contributed by atoms with E-state index < -0.39 is 0 Å². The van der Waals surface area contributed by atoms with Gasteiger partial charge in [0.1, 0.15) is 0 Å². The van der Waals surface area contributed by atoms with Crippen LogP contribution in [0.5, 0.6) is 0 Å². The van der Waals surface area contributed by atoms with E-state index in [0.717, 1.165) is 35.6 Å². The first-order valence-electron chi connectivity index (χ1n) is 8.00. The molecule has 2 aromatic heterocycles. The number of fused-ring (bicyclic) bond motifs is 1. The fourth-order valence-corrected chi connectivity index (χ4v) is 4.56. The Morgan fingerprint density at radius 2 is 1.95 bits per heavy atom. The highest BCUT2D eigenvalue weighted by molar-refractivity contribution is 7.15. The molecule has 0 bridgehead atoms. The maximum atomic E-state index is 5.96. The molecule has 114 valence electrons. The lowest BCUT2D eigenvalue weighted by molar-refractivity contribution is 0.187. The molecule has 1 saturated heterocycles. The summed E-state index contributed by atoms with van der Waals surface area (Å²) in [5.41, 5.74) is 7.11. The van der Waals surface area contributed by atoms with E-state index in [2.05, 4.69) is 25.8 Å². The van der Waals surface area contributed by atoms with Gasteiger partial charge in [0.25, 0.3) is 0 Å². The molecule has 3 heterocycles. The van der Waals surface area contributed by atoms with Crippen LogP contribution in [0.4, 0.5) is 5.82 Å². The molecule has 1 aliphatic carbocycles. The number of imidazole rings is 1. The molecule has 2 aromatic rings. The van der Waals surface area contributed by atoms with Gasteiger partial charge in [0.2, 0.25) is 0 Å². The van der Waals surface area contributed by atoms with E-state index in [0.29, 0.717) is 6.54 Å². The number of rotatable bonds is 3. The van der Waals surface area contributed by atoms with Gasteiger partial charge in [-0.3, -0.25) is 9.30 Å². The fraction of sp³-hybridized carbons (Fsp3) is 0.667. The largest absolute Gasteiger partial charge is 0.352 e. The van der Waals surface area contributed by atoms with Crippen LogP contribution < -0.4 is 10.6 Å². The van der Waals surface area contributed by atoms with E-state index in [1.165, 1.54) is 38.8 Å². The van der Waals surface area contributed by atoms with Crippen LogP contribution in [0.3, 0.4) is 0 Å². The van der Waals surface area contributed by atoms with Crippen molar-refractivity contribution in [2.75, 3.05) is 31.1 Å². The molecule has 4 rings (SSSR count). The fourth-order valence-electron chi connectivity index (χ4n) is 3.83. The van der Waals surface area contributed by atoms with Crippen molar-refractivity contribution in [2.24, 2.45) is 5.73 Å². The van der Waals surface area contributed by atoms with E-state index in [1.54, 1.807) is 11.3 Å². The molecule has 0 unspecified atom stereocenters. The third kappa shape index (κ3) is 2.35. The van der Waals surface area contributed by atoms with Crippen LogP contribution in [-0.4, -0.2) is 46.5 Å². The van der Waals surface area contributed by atoms with Crippen molar-refractivity contribution < 1.29 is 0 Å². The van der Waals surface area contributed by atoms with E-state index in [9.17, 15) is 0 Å². The van der Waals surface area contributed by atoms with E-state index in [1.807, 2.05) is 0 Å². The van der Waals surface area contributed by atoms with E-state index in [-0.39, 0.29) is 0 Å². The standard InChI is InChI=1S/C15H23N5S/c16-11-13-14(17-15-20(13)9-10-21-15)19-7-5-18(6-8-19)12-3-1-2-4-12/h9-10,12H,1-8,11,16H2. The van der Waals surface area contributed by atoms with Crippen molar-refractivity contribution >= 4 is 22.1 Å². The third-order valence-electron chi connectivity index (χ3n) is 4.99. The maximum absolute atomic E-state index is 5.96. The van der Waals surface area contributed by atoms with Gasteiger partial charge in [0.15, 0.2) is 10.8 Å². The summed E-state index contributed by atoms with van der Waals surface area (Å²) in [5, 5.41) is 2.07. The zero-order valence-electron chi connectivity index (χ0n) is 12.4. The predicted molar refractivity (Wildman–Crippen MR) is 87.0 cm³/mol. The van der Waals surface area contributed by atoms with Crippen LogP contribution in [0, 0.1) is 0 Å². The quantitative estimate of drug-likeness (QED) is 0.941. The number of hydrogen-bond acceptors (Lipinski definition) is 5. The van der Waals surface area contributed by atoms with Crippen LogP contribution >= 0.6 is 11.3 Å². The Hall–Kier alpha value is -1.11. The summed E-state index contributed by atoms with van der Waals surface area (Å²) < 4.78 is 2.14. The lowest BCUT2D eigenvalue weighted by Crippen LogP contribution is -2.50. The normalized spacial score (nSPS) is 21.7. The highest BCUT2D eigenvalue weighted by Crippen LogP contribution is 2.28. The summed E-state index contributed by atoms with van der Waals surface area (Å²) in [5.74, 6) is 1.11. The number of nitrogens with two attached hydrogens (primary N) is 1. The zero-order valence-corrected chi connectivity index (χ0v) is 13.2. The lowest BCUT2D eigenvalue weighted by Gasteiger charge is -2.38. The van der Waals surface area contributed by atoms with Crippen LogP contribution in [0.15, 0.2) is 11.6 Å². The van der Waals surface area contributed by atoms with Gasteiger partial charge in [-0.15, -0.1) is 11.3 Å². The number of thiazole rings is 1. The first kappa shape index (κ1) is 13.5. The number of piperazine rings is 1. The Morgan fingerprint density at radius 3 is 2.67 bits per heavy atom. The molecule has 1 aliphatic heterocycles. The number of hydrogen-bond donors (Lipinski definition) is 1. The Morgan fingerprint density at radius 1 is 1.19 bits per heavy atom. The van der Waals surface area contributed by atoms with Crippen LogP contribution in [-0.2, 0) is 6.54 Å². The van der Waals surface area contributed by atoms with Gasteiger partial charge in [-0.2, -0.15) is 0 Å². The minimum absolute atomic E-state index is 0.552. The molecule has 1 saturated carbocycles. The average molecular weight is 305 g/mol. The molecule has 2 N–H and O–H groups in total. The molecule has 0 radical (unpaired) electrons. The van der Waals surface area contributed by atoms with Crippen molar-refractivity contribution in [3.63, 3.8) is 0 Å². The average Bonchev–Trinajstić information content (AvgIpc) is 3.23. The second kappa shape index (κ2) is 5.59. The molecule has 5 nitrogen and oxygen atoms in total. The summed E-state index contributed by atoms with van der Waals surface area (Å²) >= 11 is 1.68. The van der Waals surface area contributed by atoms with Gasteiger partial charge < -0.3 is 10.6 Å². The first-order valence-corrected chi connectivity index (χ1v) is 8.88. The maximum Gasteiger partial charge on any atom is 0.195 e. The summed E-state index contributed by atoms with van der Waals surface area (Å²) in [7, 11) is 0. The number of aromatic nitrogens is 2. The Kier molecular flexibility index (Phi) is 3.61. The third-order valence-corrected chi connectivity index (χ3v) is 5.74. The molecule has 0 amide bonds. The summed E-state index contributed by atoms with van der Waals surface area (Å²) in [6.45, 7) is 5.04. The van der Waals surface area contributed by atoms with Gasteiger partial charge in [0, 0.05) is 50.3 Å². The molecule has 0 atom stereocenters. The molecular weight excluding hydrogens is 282 g/mol. The second-order valence-corrected chi connectivity index (χ2v) is 6.98. The second-order valence-electron chi connectivity index (χ2n) is 6.10. The number of nitrogens with zero attached hydrogens (tertiary/aromatic N) is 4. The van der Waals surface area contributed by atoms with E-state index >= 15 is 0 Å². The minimum Gasteiger partial charge on any atom is -0.352 e. The van der Waals surface area contributed by atoms with Crippen LogP contribution in [0.2, 0.25) is 0 Å². The van der Waals surface area contributed by atoms with Gasteiger partial charge in [0.05, 0.1) is 5.69 Å². The van der Waals surface area contributed by atoms with Crippen molar-refractivity contribution in [2.45, 2.75) is 38.3 Å². The van der Waals surface area contributed by atoms with Gasteiger partial charge in [-0.05, 0) is 12.8 Å². The highest BCUT2D eigenvalue weighted by Gasteiger charge is 2.28. The minimum atomic E-state index is 0.552. The SMILES string of the molecule is NCc1c(N2CCN(C3CCCC3)CC2)nc2sccn12. The van der Waals surface area contributed by atoms with Crippen molar-refractivity contribution in [3.05, 3.63) is 17.3 Å². The topological polar surface area (TPSA) is 49.8 Å². The molecular formula is C15H23N5S. The molecule has 21 heavy (non-hydrogen) atoms. The Labute approximate surface area is 129 Å². The van der Waals surface area contributed by atoms with Crippen LogP contribution in [0.1, 0.15) is 31.4 Å². The van der Waals surface area contributed by atoms with Gasteiger partial charge in [-0.1, -0.05) is 12.8 Å².